The summed E-state index contributed by atoms with van der Waals surface area (Å²) in [6.45, 7) is 0. The third kappa shape index (κ3) is 4.37. The van der Waals surface area contributed by atoms with Crippen LogP contribution in [0.4, 0.5) is 15.8 Å². The maximum Gasteiger partial charge on any atom is 0.337 e. The minimum absolute atomic E-state index is 0.299. The number of hydrogen-bond acceptors (Lipinski definition) is 4. The van der Waals surface area contributed by atoms with Gasteiger partial charge in [-0.05, 0) is 48.5 Å². The summed E-state index contributed by atoms with van der Waals surface area (Å²) in [7, 11) is 1.26. The molecule has 2 N–H and O–H groups in total. The van der Waals surface area contributed by atoms with Crippen molar-refractivity contribution in [3.8, 4) is 0 Å². The normalized spacial score (nSPS) is 9.83. The van der Waals surface area contributed by atoms with Crippen LogP contribution in [0.3, 0.4) is 0 Å². The summed E-state index contributed by atoms with van der Waals surface area (Å²) in [6.07, 6.45) is 0. The van der Waals surface area contributed by atoms with Gasteiger partial charge in [-0.2, -0.15) is 0 Å². The topological polar surface area (TPSA) is 84.5 Å². The Hall–Kier alpha value is -3.22. The second kappa shape index (κ2) is 7.17. The lowest BCUT2D eigenvalue weighted by atomic mass is 10.2. The fourth-order valence-electron chi connectivity index (χ4n) is 1.72. The number of ether oxygens (including phenoxy) is 1. The molecule has 0 fully saturated rings. The summed E-state index contributed by atoms with van der Waals surface area (Å²) in [6, 6.07) is 10.9. The zero-order valence-electron chi connectivity index (χ0n) is 12.1. The number of benzene rings is 2. The van der Waals surface area contributed by atoms with Crippen molar-refractivity contribution in [2.24, 2.45) is 0 Å². The molecule has 118 valence electrons. The highest BCUT2D eigenvalue weighted by molar-refractivity contribution is 6.43. The Bertz CT molecular complexity index is 727. The Morgan fingerprint density at radius 1 is 0.826 bits per heavy atom. The van der Waals surface area contributed by atoms with Gasteiger partial charge >= 0.3 is 17.8 Å². The molecule has 0 aromatic heterocycles. The van der Waals surface area contributed by atoms with Crippen molar-refractivity contribution in [1.29, 1.82) is 0 Å². The van der Waals surface area contributed by atoms with Crippen LogP contribution in [0.1, 0.15) is 10.4 Å². The molecular formula is C16H13FN2O4. The minimum Gasteiger partial charge on any atom is -0.465 e. The van der Waals surface area contributed by atoms with Gasteiger partial charge in [0, 0.05) is 11.4 Å². The number of methoxy groups -OCH3 is 1. The van der Waals surface area contributed by atoms with Crippen LogP contribution in [-0.4, -0.2) is 24.9 Å². The Balaban J connectivity index is 1.96. The molecule has 0 saturated carbocycles. The summed E-state index contributed by atoms with van der Waals surface area (Å²) in [5, 5.41) is 4.72. The van der Waals surface area contributed by atoms with Gasteiger partial charge in [0.05, 0.1) is 12.7 Å². The van der Waals surface area contributed by atoms with E-state index in [2.05, 4.69) is 15.4 Å². The average Bonchev–Trinajstić information content (AvgIpc) is 2.56. The predicted molar refractivity (Wildman–Crippen MR) is 81.4 cm³/mol. The maximum absolute atomic E-state index is 12.8. The van der Waals surface area contributed by atoms with Crippen LogP contribution in [0.15, 0.2) is 48.5 Å². The molecule has 2 rings (SSSR count). The van der Waals surface area contributed by atoms with Gasteiger partial charge in [0.2, 0.25) is 0 Å². The summed E-state index contributed by atoms with van der Waals surface area (Å²) in [4.78, 5) is 34.8. The van der Waals surface area contributed by atoms with E-state index in [1.54, 1.807) is 0 Å². The van der Waals surface area contributed by atoms with E-state index in [4.69, 9.17) is 0 Å². The van der Waals surface area contributed by atoms with Crippen LogP contribution in [0.2, 0.25) is 0 Å². The smallest absolute Gasteiger partial charge is 0.337 e. The van der Waals surface area contributed by atoms with Crippen molar-refractivity contribution in [1.82, 2.24) is 0 Å². The maximum atomic E-state index is 12.8. The van der Waals surface area contributed by atoms with E-state index in [0.717, 1.165) is 0 Å². The Labute approximate surface area is 131 Å². The quantitative estimate of drug-likeness (QED) is 0.671. The Morgan fingerprint density at radius 3 is 1.70 bits per heavy atom. The number of hydrogen-bond donors (Lipinski definition) is 2. The monoisotopic (exact) mass is 316 g/mol. The van der Waals surface area contributed by atoms with Crippen LogP contribution in [0.5, 0.6) is 0 Å². The van der Waals surface area contributed by atoms with Crippen molar-refractivity contribution in [2.75, 3.05) is 17.7 Å². The van der Waals surface area contributed by atoms with Gasteiger partial charge in [-0.15, -0.1) is 0 Å². The first-order valence-corrected chi connectivity index (χ1v) is 6.56. The van der Waals surface area contributed by atoms with Crippen LogP contribution >= 0.6 is 0 Å². The van der Waals surface area contributed by atoms with Crippen LogP contribution < -0.4 is 10.6 Å². The zero-order chi connectivity index (χ0) is 16.8. The van der Waals surface area contributed by atoms with Gasteiger partial charge in [-0.3, -0.25) is 9.59 Å². The van der Waals surface area contributed by atoms with Gasteiger partial charge in [0.1, 0.15) is 5.82 Å². The van der Waals surface area contributed by atoms with Crippen molar-refractivity contribution in [2.45, 2.75) is 0 Å². The molecule has 0 heterocycles. The van der Waals surface area contributed by atoms with Gasteiger partial charge in [0.25, 0.3) is 0 Å². The number of rotatable bonds is 3. The van der Waals surface area contributed by atoms with E-state index >= 15 is 0 Å². The molecule has 0 radical (unpaired) electrons. The Kier molecular flexibility index (Phi) is 5.03. The third-order valence-electron chi connectivity index (χ3n) is 2.87. The number of carbonyl (C=O) groups excluding carboxylic acids is 3. The molecule has 2 aromatic rings. The molecule has 0 saturated heterocycles. The average molecular weight is 316 g/mol. The summed E-state index contributed by atoms with van der Waals surface area (Å²) in [5.41, 5.74) is 0.964. The molecule has 0 unspecified atom stereocenters. The lowest BCUT2D eigenvalue weighted by molar-refractivity contribution is -0.132. The Morgan fingerprint density at radius 2 is 1.26 bits per heavy atom. The SMILES string of the molecule is COC(=O)c1ccc(NC(=O)C(=O)Nc2ccc(F)cc2)cc1. The molecule has 6 nitrogen and oxygen atoms in total. The first-order valence-electron chi connectivity index (χ1n) is 6.56. The van der Waals surface area contributed by atoms with E-state index in [9.17, 15) is 18.8 Å². The first-order chi connectivity index (χ1) is 11.0. The number of nitrogens with one attached hydrogen (secondary N) is 2. The zero-order valence-corrected chi connectivity index (χ0v) is 12.1. The summed E-state index contributed by atoms with van der Waals surface area (Å²) >= 11 is 0. The van der Waals surface area contributed by atoms with Gasteiger partial charge < -0.3 is 15.4 Å². The highest BCUT2D eigenvalue weighted by atomic mass is 19.1. The van der Waals surface area contributed by atoms with E-state index in [0.29, 0.717) is 16.9 Å². The summed E-state index contributed by atoms with van der Waals surface area (Å²) in [5.74, 6) is -2.73. The number of amides is 2. The molecule has 2 aromatic carbocycles. The van der Waals surface area contributed by atoms with Crippen molar-refractivity contribution in [3.63, 3.8) is 0 Å². The highest BCUT2D eigenvalue weighted by Crippen LogP contribution is 2.11. The second-order valence-corrected chi connectivity index (χ2v) is 4.48. The molecule has 0 aliphatic heterocycles. The van der Waals surface area contributed by atoms with Crippen molar-refractivity contribution in [3.05, 3.63) is 59.9 Å². The van der Waals surface area contributed by atoms with Crippen LogP contribution in [0, 0.1) is 5.82 Å². The molecule has 0 bridgehead atoms. The largest absolute Gasteiger partial charge is 0.465 e. The molecule has 0 aliphatic rings. The van der Waals surface area contributed by atoms with Crippen molar-refractivity contribution >= 4 is 29.2 Å². The fourth-order valence-corrected chi connectivity index (χ4v) is 1.72. The first kappa shape index (κ1) is 16.2. The summed E-state index contributed by atoms with van der Waals surface area (Å²) < 4.78 is 17.3. The molecule has 0 spiro atoms. The standard InChI is InChI=1S/C16H13FN2O4/c1-23-16(22)10-2-6-12(7-3-10)18-14(20)15(21)19-13-8-4-11(17)5-9-13/h2-9H,1H3,(H,18,20)(H,19,21). The molecule has 2 amide bonds. The van der Waals surface area contributed by atoms with Crippen molar-refractivity contribution < 1.29 is 23.5 Å². The van der Waals surface area contributed by atoms with Crippen LogP contribution in [0.25, 0.3) is 0 Å². The lowest BCUT2D eigenvalue weighted by Crippen LogP contribution is -2.29. The third-order valence-corrected chi connectivity index (χ3v) is 2.87. The fraction of sp³-hybridized carbons (Fsp3) is 0.0625. The molecule has 0 atom stereocenters. The predicted octanol–water partition coefficient (Wildman–Crippen LogP) is 2.19. The number of anilines is 2. The second-order valence-electron chi connectivity index (χ2n) is 4.48. The lowest BCUT2D eigenvalue weighted by Gasteiger charge is -2.07. The van der Waals surface area contributed by atoms with Gasteiger partial charge in [-0.1, -0.05) is 0 Å². The van der Waals surface area contributed by atoms with E-state index in [-0.39, 0.29) is 0 Å². The van der Waals surface area contributed by atoms with Gasteiger partial charge in [0.15, 0.2) is 0 Å². The number of esters is 1. The van der Waals surface area contributed by atoms with Crippen LogP contribution in [-0.2, 0) is 14.3 Å². The number of carbonyl (C=O) groups is 3. The highest BCUT2D eigenvalue weighted by Gasteiger charge is 2.14. The number of halogens is 1. The molecule has 23 heavy (non-hydrogen) atoms. The van der Waals surface area contributed by atoms with E-state index < -0.39 is 23.6 Å². The van der Waals surface area contributed by atoms with E-state index in [1.807, 2.05) is 0 Å². The molecule has 7 heteroatoms. The molecular weight excluding hydrogens is 303 g/mol. The minimum atomic E-state index is -0.895. The van der Waals surface area contributed by atoms with E-state index in [1.165, 1.54) is 55.6 Å². The van der Waals surface area contributed by atoms with Gasteiger partial charge in [-0.25, -0.2) is 9.18 Å². The molecule has 0 aliphatic carbocycles.